The minimum absolute atomic E-state index is 0.0301. The molecule has 2 aliphatic carbocycles. The van der Waals surface area contributed by atoms with E-state index >= 15 is 0 Å². The van der Waals surface area contributed by atoms with Gasteiger partial charge in [-0.1, -0.05) is 24.3 Å². The molecule has 0 heterocycles. The number of ketones is 1. The van der Waals surface area contributed by atoms with Gasteiger partial charge in [0.15, 0.2) is 5.78 Å². The van der Waals surface area contributed by atoms with Crippen molar-refractivity contribution in [3.8, 4) is 0 Å². The molecule has 2 atom stereocenters. The molecule has 14 heavy (non-hydrogen) atoms. The van der Waals surface area contributed by atoms with Crippen molar-refractivity contribution in [2.24, 2.45) is 11.3 Å². The summed E-state index contributed by atoms with van der Waals surface area (Å²) in [7, 11) is 0. The van der Waals surface area contributed by atoms with Crippen LogP contribution in [0.2, 0.25) is 0 Å². The molecule has 0 unspecified atom stereocenters. The minimum Gasteiger partial charge on any atom is -0.298 e. The summed E-state index contributed by atoms with van der Waals surface area (Å²) in [6.45, 7) is 1.90. The zero-order valence-electron chi connectivity index (χ0n) is 8.07. The SMILES string of the molecule is C[C@]12C=CC=C(C=O)[C@H]1CC=CC2=O. The summed E-state index contributed by atoms with van der Waals surface area (Å²) in [6, 6.07) is 0. The zero-order chi connectivity index (χ0) is 10.2. The molecule has 0 aromatic carbocycles. The highest BCUT2D eigenvalue weighted by Gasteiger charge is 2.41. The van der Waals surface area contributed by atoms with E-state index in [1.54, 1.807) is 18.2 Å². The molecule has 72 valence electrons. The van der Waals surface area contributed by atoms with Gasteiger partial charge in [-0.15, -0.1) is 0 Å². The Hall–Kier alpha value is -1.44. The van der Waals surface area contributed by atoms with Gasteiger partial charge in [-0.05, 0) is 25.0 Å². The number of aldehydes is 1. The fourth-order valence-electron chi connectivity index (χ4n) is 2.18. The maximum atomic E-state index is 11.7. The Labute approximate surface area is 83.0 Å². The maximum absolute atomic E-state index is 11.7. The lowest BCUT2D eigenvalue weighted by Gasteiger charge is -2.37. The van der Waals surface area contributed by atoms with Crippen molar-refractivity contribution in [1.29, 1.82) is 0 Å². The predicted octanol–water partition coefficient (Wildman–Crippen LogP) is 1.83. The molecule has 0 N–H and O–H groups in total. The highest BCUT2D eigenvalue weighted by Crippen LogP contribution is 2.42. The number of carbonyl (C=O) groups excluding carboxylic acids is 2. The zero-order valence-corrected chi connectivity index (χ0v) is 8.07. The van der Waals surface area contributed by atoms with E-state index in [4.69, 9.17) is 0 Å². The van der Waals surface area contributed by atoms with E-state index in [2.05, 4.69) is 0 Å². The van der Waals surface area contributed by atoms with E-state index in [0.29, 0.717) is 0 Å². The summed E-state index contributed by atoms with van der Waals surface area (Å²) in [5, 5.41) is 0. The standard InChI is InChI=1S/C12H12O2/c1-12-7-3-4-9(8-13)10(12)5-2-6-11(12)14/h2-4,6-8,10H,5H2,1H3/t10-,12+/m1/s1. The van der Waals surface area contributed by atoms with Gasteiger partial charge in [-0.3, -0.25) is 9.59 Å². The molecule has 0 aliphatic heterocycles. The van der Waals surface area contributed by atoms with Gasteiger partial charge in [0.25, 0.3) is 0 Å². The normalized spacial score (nSPS) is 35.1. The van der Waals surface area contributed by atoms with E-state index in [1.807, 2.05) is 19.1 Å². The average molecular weight is 188 g/mol. The third-order valence-electron chi connectivity index (χ3n) is 3.17. The van der Waals surface area contributed by atoms with Crippen LogP contribution >= 0.6 is 0 Å². The molecular formula is C12H12O2. The lowest BCUT2D eigenvalue weighted by molar-refractivity contribution is -0.123. The van der Waals surface area contributed by atoms with Crippen LogP contribution < -0.4 is 0 Å². The Morgan fingerprint density at radius 1 is 1.57 bits per heavy atom. The first-order valence-electron chi connectivity index (χ1n) is 4.74. The molecule has 0 saturated heterocycles. The van der Waals surface area contributed by atoms with Crippen LogP contribution in [0.5, 0.6) is 0 Å². The quantitative estimate of drug-likeness (QED) is 0.588. The monoisotopic (exact) mass is 188 g/mol. The average Bonchev–Trinajstić information content (AvgIpc) is 2.19. The van der Waals surface area contributed by atoms with E-state index < -0.39 is 5.41 Å². The highest BCUT2D eigenvalue weighted by atomic mass is 16.1. The topological polar surface area (TPSA) is 34.1 Å². The summed E-state index contributed by atoms with van der Waals surface area (Å²) in [4.78, 5) is 22.6. The summed E-state index contributed by atoms with van der Waals surface area (Å²) in [5.41, 5.74) is 0.229. The minimum atomic E-state index is -0.500. The summed E-state index contributed by atoms with van der Waals surface area (Å²) >= 11 is 0. The van der Waals surface area contributed by atoms with Gasteiger partial charge in [-0.2, -0.15) is 0 Å². The van der Waals surface area contributed by atoms with Gasteiger partial charge >= 0.3 is 0 Å². The Kier molecular flexibility index (Phi) is 1.99. The van der Waals surface area contributed by atoms with Gasteiger partial charge in [0.2, 0.25) is 0 Å². The lowest BCUT2D eigenvalue weighted by Crippen LogP contribution is -2.38. The van der Waals surface area contributed by atoms with Crippen LogP contribution in [0.3, 0.4) is 0 Å². The Balaban J connectivity index is 2.48. The molecule has 2 rings (SSSR count). The highest BCUT2D eigenvalue weighted by molar-refractivity contribution is 5.99. The summed E-state index contributed by atoms with van der Waals surface area (Å²) in [6.07, 6.45) is 10.6. The number of hydrogen-bond donors (Lipinski definition) is 0. The second kappa shape index (κ2) is 3.05. The maximum Gasteiger partial charge on any atom is 0.165 e. The largest absolute Gasteiger partial charge is 0.298 e. The van der Waals surface area contributed by atoms with Crippen LogP contribution in [0.4, 0.5) is 0 Å². The van der Waals surface area contributed by atoms with Crippen molar-refractivity contribution in [3.63, 3.8) is 0 Å². The van der Waals surface area contributed by atoms with E-state index in [9.17, 15) is 9.59 Å². The molecule has 0 aromatic rings. The molecule has 0 radical (unpaired) electrons. The first kappa shape index (κ1) is 9.13. The molecule has 0 aromatic heterocycles. The Bertz CT molecular complexity index is 374. The molecule has 0 fully saturated rings. The second-order valence-electron chi connectivity index (χ2n) is 3.98. The van der Waals surface area contributed by atoms with Gasteiger partial charge in [-0.25, -0.2) is 0 Å². The number of allylic oxidation sites excluding steroid dienone is 6. The lowest BCUT2D eigenvalue weighted by atomic mass is 9.64. The van der Waals surface area contributed by atoms with Crippen LogP contribution in [0, 0.1) is 11.3 Å². The van der Waals surface area contributed by atoms with Crippen molar-refractivity contribution < 1.29 is 9.59 Å². The van der Waals surface area contributed by atoms with E-state index in [1.165, 1.54) is 0 Å². The number of rotatable bonds is 1. The third-order valence-corrected chi connectivity index (χ3v) is 3.17. The fourth-order valence-corrected chi connectivity index (χ4v) is 2.18. The molecule has 2 heteroatoms. The van der Waals surface area contributed by atoms with Crippen LogP contribution in [-0.2, 0) is 9.59 Å². The molecule has 0 amide bonds. The van der Waals surface area contributed by atoms with Gasteiger partial charge in [0, 0.05) is 5.92 Å². The number of carbonyl (C=O) groups is 2. The van der Waals surface area contributed by atoms with Crippen molar-refractivity contribution in [1.82, 2.24) is 0 Å². The summed E-state index contributed by atoms with van der Waals surface area (Å²) < 4.78 is 0. The van der Waals surface area contributed by atoms with E-state index in [-0.39, 0.29) is 11.7 Å². The van der Waals surface area contributed by atoms with Crippen molar-refractivity contribution in [3.05, 3.63) is 36.0 Å². The van der Waals surface area contributed by atoms with Crippen molar-refractivity contribution in [2.75, 3.05) is 0 Å². The third kappa shape index (κ3) is 1.10. The molecule has 0 saturated carbocycles. The Morgan fingerprint density at radius 2 is 2.36 bits per heavy atom. The summed E-state index contributed by atoms with van der Waals surface area (Å²) in [5.74, 6) is 0.125. The molecule has 0 bridgehead atoms. The molecule has 2 aliphatic rings. The number of fused-ring (bicyclic) bond motifs is 1. The molecule has 0 spiro atoms. The van der Waals surface area contributed by atoms with Gasteiger partial charge in [0.05, 0.1) is 5.41 Å². The fraction of sp³-hybridized carbons (Fsp3) is 0.333. The van der Waals surface area contributed by atoms with Crippen LogP contribution in [-0.4, -0.2) is 12.1 Å². The molecular weight excluding hydrogens is 176 g/mol. The second-order valence-corrected chi connectivity index (χ2v) is 3.98. The van der Waals surface area contributed by atoms with Gasteiger partial charge in [0.1, 0.15) is 6.29 Å². The smallest absolute Gasteiger partial charge is 0.165 e. The Morgan fingerprint density at radius 3 is 3.07 bits per heavy atom. The first-order valence-corrected chi connectivity index (χ1v) is 4.74. The predicted molar refractivity (Wildman–Crippen MR) is 53.6 cm³/mol. The van der Waals surface area contributed by atoms with Crippen molar-refractivity contribution >= 4 is 12.1 Å². The van der Waals surface area contributed by atoms with Crippen LogP contribution in [0.25, 0.3) is 0 Å². The van der Waals surface area contributed by atoms with Gasteiger partial charge < -0.3 is 0 Å². The molecule has 2 nitrogen and oxygen atoms in total. The number of hydrogen-bond acceptors (Lipinski definition) is 2. The van der Waals surface area contributed by atoms with Crippen LogP contribution in [0.1, 0.15) is 13.3 Å². The van der Waals surface area contributed by atoms with Crippen molar-refractivity contribution in [2.45, 2.75) is 13.3 Å². The van der Waals surface area contributed by atoms with E-state index in [0.717, 1.165) is 18.3 Å². The van der Waals surface area contributed by atoms with Crippen LogP contribution in [0.15, 0.2) is 36.0 Å². The first-order chi connectivity index (χ1) is 6.68.